The van der Waals surface area contributed by atoms with E-state index in [-0.39, 0.29) is 30.1 Å². The van der Waals surface area contributed by atoms with Gasteiger partial charge in [-0.15, -0.1) is 0 Å². The molecule has 65 heavy (non-hydrogen) atoms. The highest BCUT2D eigenvalue weighted by molar-refractivity contribution is 5.92. The Balaban J connectivity index is 1.01. The van der Waals surface area contributed by atoms with E-state index < -0.39 is 36.7 Å². The summed E-state index contributed by atoms with van der Waals surface area (Å²) >= 11 is 0. The van der Waals surface area contributed by atoms with Crippen LogP contribution in [0.25, 0.3) is 44.7 Å². The van der Waals surface area contributed by atoms with Gasteiger partial charge in [-0.25, -0.2) is 19.2 Å². The summed E-state index contributed by atoms with van der Waals surface area (Å²) in [7, 11) is 2.73. The van der Waals surface area contributed by atoms with Gasteiger partial charge in [0.25, 0.3) is 0 Å². The number of aliphatic hydroxyl groups is 3. The maximum Gasteiger partial charge on any atom is 0.407 e. The van der Waals surface area contributed by atoms with Crippen LogP contribution in [0.4, 0.5) is 9.18 Å². The SMILES string of the molecule is CCCC(CCC(O)C(NC(O)OC)C(C)C)Cc1ncc(-c2ccc3c(c2)cc2n3C(C3CC3)Oc3cc(-c4cnc(C5CCCN5C(O)C(NC(=O)OC)C(C)C)[nH]4)c(F)cc3-2)[nH]1. The minimum absolute atomic E-state index is 0.0638. The minimum atomic E-state index is -1.13. The number of aromatic nitrogens is 5. The van der Waals surface area contributed by atoms with Crippen LogP contribution >= 0.6 is 0 Å². The zero-order valence-electron chi connectivity index (χ0n) is 38.7. The second-order valence-corrected chi connectivity index (χ2v) is 19.0. The van der Waals surface area contributed by atoms with E-state index in [1.165, 1.54) is 14.2 Å². The number of ether oxygens (including phenoxy) is 3. The molecule has 0 bridgehead atoms. The fourth-order valence-corrected chi connectivity index (χ4v) is 10.1. The Morgan fingerprint density at radius 2 is 1.71 bits per heavy atom. The number of likely N-dealkylation sites (tertiary alicyclic amines) is 1. The van der Waals surface area contributed by atoms with Crippen molar-refractivity contribution in [3.05, 3.63) is 66.3 Å². The number of aromatic amines is 2. The number of aliphatic hydroxyl groups excluding tert-OH is 3. The summed E-state index contributed by atoms with van der Waals surface area (Å²) in [4.78, 5) is 30.5. The van der Waals surface area contributed by atoms with Crippen LogP contribution in [-0.2, 0) is 15.9 Å². The first-order chi connectivity index (χ1) is 31.3. The number of benzene rings is 2. The molecule has 3 aliphatic rings. The average Bonchev–Trinajstić information content (AvgIpc) is 3.65. The van der Waals surface area contributed by atoms with Crippen molar-refractivity contribution in [2.24, 2.45) is 23.7 Å². The van der Waals surface area contributed by atoms with Crippen LogP contribution in [0.2, 0.25) is 0 Å². The molecule has 5 heterocycles. The van der Waals surface area contributed by atoms with E-state index in [9.17, 15) is 20.1 Å². The molecular weight excluding hydrogens is 832 g/mol. The molecule has 1 amide bonds. The molecule has 0 spiro atoms. The molecule has 8 unspecified atom stereocenters. The predicted octanol–water partition coefficient (Wildman–Crippen LogP) is 8.00. The van der Waals surface area contributed by atoms with Gasteiger partial charge >= 0.3 is 6.09 Å². The maximum atomic E-state index is 16.4. The fraction of sp³-hybridized carbons (Fsp3) is 0.571. The first-order valence-electron chi connectivity index (χ1n) is 23.5. The van der Waals surface area contributed by atoms with Gasteiger partial charge in [-0.3, -0.25) is 10.2 Å². The summed E-state index contributed by atoms with van der Waals surface area (Å²) in [6.45, 7) is 10.7. The highest BCUT2D eigenvalue weighted by Gasteiger charge is 2.41. The predicted molar refractivity (Wildman–Crippen MR) is 246 cm³/mol. The van der Waals surface area contributed by atoms with Gasteiger partial charge in [-0.2, -0.15) is 0 Å². The largest absolute Gasteiger partial charge is 0.469 e. The summed E-state index contributed by atoms with van der Waals surface area (Å²) < 4.78 is 35.2. The summed E-state index contributed by atoms with van der Waals surface area (Å²) in [6, 6.07) is 10.7. The van der Waals surface area contributed by atoms with Crippen LogP contribution in [0.1, 0.15) is 110 Å². The molecule has 1 saturated carbocycles. The summed E-state index contributed by atoms with van der Waals surface area (Å²) in [5, 5.41) is 39.4. The Hall–Kier alpha value is -4.84. The number of hydrogen-bond donors (Lipinski definition) is 7. The van der Waals surface area contributed by atoms with Gasteiger partial charge in [0.15, 0.2) is 6.23 Å². The molecule has 15 nitrogen and oxygen atoms in total. The molecule has 8 rings (SSSR count). The molecule has 3 aromatic heterocycles. The van der Waals surface area contributed by atoms with Gasteiger partial charge < -0.3 is 49.4 Å². The Bertz CT molecular complexity index is 2410. The van der Waals surface area contributed by atoms with Crippen molar-refractivity contribution in [1.82, 2.24) is 40.0 Å². The van der Waals surface area contributed by atoms with Gasteiger partial charge in [-0.1, -0.05) is 53.5 Å². The van der Waals surface area contributed by atoms with Gasteiger partial charge in [0.1, 0.15) is 29.4 Å². The third kappa shape index (κ3) is 9.98. The second kappa shape index (κ2) is 19.9. The lowest BCUT2D eigenvalue weighted by atomic mass is 9.89. The lowest BCUT2D eigenvalue weighted by Gasteiger charge is -2.35. The summed E-state index contributed by atoms with van der Waals surface area (Å²) in [6.07, 6.45) is 7.81. The van der Waals surface area contributed by atoms with Gasteiger partial charge in [0.05, 0.1) is 60.3 Å². The Labute approximate surface area is 380 Å². The van der Waals surface area contributed by atoms with E-state index in [0.29, 0.717) is 53.2 Å². The summed E-state index contributed by atoms with van der Waals surface area (Å²) in [5.41, 5.74) is 5.40. The van der Waals surface area contributed by atoms with Crippen LogP contribution < -0.4 is 15.4 Å². The van der Waals surface area contributed by atoms with Gasteiger partial charge in [-0.05, 0) is 86.6 Å². The zero-order chi connectivity index (χ0) is 46.1. The molecule has 5 aromatic rings. The molecule has 7 N–H and O–H groups in total. The van der Waals surface area contributed by atoms with Crippen LogP contribution in [0.5, 0.6) is 5.75 Å². The van der Waals surface area contributed by atoms with Gasteiger partial charge in [0.2, 0.25) is 6.41 Å². The number of alkyl carbamates (subject to hydrolysis) is 1. The van der Waals surface area contributed by atoms with Crippen molar-refractivity contribution < 1.29 is 38.7 Å². The third-order valence-corrected chi connectivity index (χ3v) is 13.7. The van der Waals surface area contributed by atoms with E-state index in [1.54, 1.807) is 18.3 Å². The van der Waals surface area contributed by atoms with Crippen molar-refractivity contribution in [3.8, 4) is 39.5 Å². The van der Waals surface area contributed by atoms with Crippen LogP contribution in [0.15, 0.2) is 48.8 Å². The highest BCUT2D eigenvalue weighted by atomic mass is 19.1. The number of imidazole rings is 2. The number of rotatable bonds is 20. The standard InChI is InChI=1S/C49H67FN8O7/c1-8-10-28(12-17-40(59)43(26(2)3)55-48(61)63-6)19-42-51-24-35(53-42)30-15-16-37-31(20-30)21-39-33-22-34(50)32(23-41(33)65-47(58(37)39)29-13-14-29)36-25-52-45(54-36)38-11-9-18-57(38)46(60)44(27(4)5)56-49(62)64-7/h15-16,20-29,38,40,43-44,46-48,55,59-61H,8-14,17-19H2,1-7H3,(H,51,53)(H,52,54)(H,56,62). The smallest absolute Gasteiger partial charge is 0.407 e. The van der Waals surface area contributed by atoms with Crippen molar-refractivity contribution >= 4 is 17.0 Å². The Morgan fingerprint density at radius 3 is 2.42 bits per heavy atom. The first-order valence-corrected chi connectivity index (χ1v) is 23.5. The van der Waals surface area contributed by atoms with E-state index >= 15 is 4.39 Å². The Morgan fingerprint density at radius 1 is 0.938 bits per heavy atom. The van der Waals surface area contributed by atoms with Crippen molar-refractivity contribution in [2.45, 2.75) is 136 Å². The molecule has 8 atom stereocenters. The van der Waals surface area contributed by atoms with Crippen LogP contribution in [0, 0.1) is 29.5 Å². The van der Waals surface area contributed by atoms with E-state index in [0.717, 1.165) is 85.0 Å². The second-order valence-electron chi connectivity index (χ2n) is 19.0. The van der Waals surface area contributed by atoms with Crippen LogP contribution in [-0.4, -0.2) is 102 Å². The highest BCUT2D eigenvalue weighted by Crippen LogP contribution is 2.51. The molecule has 1 saturated heterocycles. The Kier molecular flexibility index (Phi) is 14.3. The normalized spacial score (nSPS) is 20.3. The maximum absolute atomic E-state index is 16.4. The number of halogens is 1. The molecule has 16 heteroatoms. The molecule has 0 radical (unpaired) electrons. The quantitative estimate of drug-likeness (QED) is 0.0374. The van der Waals surface area contributed by atoms with E-state index in [1.807, 2.05) is 38.8 Å². The molecule has 352 valence electrons. The van der Waals surface area contributed by atoms with E-state index in [2.05, 4.69) is 56.4 Å². The molecule has 2 aromatic carbocycles. The number of nitrogens with zero attached hydrogens (tertiary/aromatic N) is 4. The summed E-state index contributed by atoms with van der Waals surface area (Å²) in [5.74, 6) is 2.44. The van der Waals surface area contributed by atoms with E-state index in [4.69, 9.17) is 24.2 Å². The molecule has 2 fully saturated rings. The number of methoxy groups -OCH3 is 2. The molecular formula is C49H67FN8O7. The number of carbonyl (C=O) groups is 1. The topological polar surface area (TPSA) is 195 Å². The number of nitrogens with one attached hydrogen (secondary N) is 4. The number of H-pyrrole nitrogens is 2. The monoisotopic (exact) mass is 899 g/mol. The van der Waals surface area contributed by atoms with Crippen molar-refractivity contribution in [3.63, 3.8) is 0 Å². The zero-order valence-corrected chi connectivity index (χ0v) is 38.7. The minimum Gasteiger partial charge on any atom is -0.469 e. The van der Waals surface area contributed by atoms with Crippen molar-refractivity contribution in [1.29, 1.82) is 0 Å². The average molecular weight is 899 g/mol. The molecule has 1 aliphatic carbocycles. The lowest BCUT2D eigenvalue weighted by Crippen LogP contribution is -2.54. The van der Waals surface area contributed by atoms with Crippen molar-refractivity contribution in [2.75, 3.05) is 20.8 Å². The van der Waals surface area contributed by atoms with Crippen LogP contribution in [0.3, 0.4) is 0 Å². The number of carbonyl (C=O) groups excluding carboxylic acids is 1. The fourth-order valence-electron chi connectivity index (χ4n) is 10.1. The lowest BCUT2D eigenvalue weighted by molar-refractivity contribution is -0.116. The number of hydrogen-bond acceptors (Lipinski definition) is 11. The third-order valence-electron chi connectivity index (χ3n) is 13.7. The van der Waals surface area contributed by atoms with Gasteiger partial charge in [0, 0.05) is 54.1 Å². The first kappa shape index (κ1) is 46.7. The number of fused-ring (bicyclic) bond motifs is 5. The molecule has 2 aliphatic heterocycles. The number of amides is 1.